The topological polar surface area (TPSA) is 62.4 Å². The van der Waals surface area contributed by atoms with Crippen molar-refractivity contribution < 1.29 is 14.3 Å². The van der Waals surface area contributed by atoms with E-state index in [1.807, 2.05) is 17.9 Å². The monoisotopic (exact) mass is 326 g/mol. The first-order chi connectivity index (χ1) is 11.6. The van der Waals surface area contributed by atoms with Gasteiger partial charge in [0.1, 0.15) is 0 Å². The van der Waals surface area contributed by atoms with Gasteiger partial charge in [-0.1, -0.05) is 19.1 Å². The van der Waals surface area contributed by atoms with Gasteiger partial charge in [0.15, 0.2) is 0 Å². The van der Waals surface area contributed by atoms with E-state index in [2.05, 4.69) is 23.3 Å². The van der Waals surface area contributed by atoms with Gasteiger partial charge in [0.2, 0.25) is 5.91 Å². The quantitative estimate of drug-likeness (QED) is 0.863. The molecule has 1 saturated heterocycles. The van der Waals surface area contributed by atoms with E-state index in [9.17, 15) is 9.59 Å². The molecule has 1 aromatic heterocycles. The third-order valence-corrected chi connectivity index (χ3v) is 5.63. The number of piperidine rings is 1. The molecule has 1 N–H and O–H groups in total. The average molecular weight is 326 g/mol. The largest absolute Gasteiger partial charge is 0.469 e. The van der Waals surface area contributed by atoms with Crippen LogP contribution < -0.4 is 0 Å². The van der Waals surface area contributed by atoms with Crippen LogP contribution in [0.25, 0.3) is 10.9 Å². The molecule has 0 radical (unpaired) electrons. The Hall–Kier alpha value is -2.30. The molecule has 2 aromatic rings. The predicted molar refractivity (Wildman–Crippen MR) is 90.7 cm³/mol. The molecular weight excluding hydrogens is 304 g/mol. The molecule has 3 unspecified atom stereocenters. The van der Waals surface area contributed by atoms with E-state index < -0.39 is 0 Å². The number of likely N-dealkylation sites (tertiary alicyclic amines) is 1. The number of amides is 1. The van der Waals surface area contributed by atoms with Crippen molar-refractivity contribution in [1.29, 1.82) is 0 Å². The zero-order valence-corrected chi connectivity index (χ0v) is 14.0. The minimum atomic E-state index is -0.248. The van der Waals surface area contributed by atoms with Crippen LogP contribution in [-0.2, 0) is 20.7 Å². The van der Waals surface area contributed by atoms with E-state index in [0.717, 1.165) is 18.4 Å². The molecule has 1 aromatic carbocycles. The molecule has 24 heavy (non-hydrogen) atoms. The first kappa shape index (κ1) is 15.2. The molecule has 2 heterocycles. The number of benzene rings is 1. The normalized spacial score (nSPS) is 25.4. The second kappa shape index (κ2) is 5.65. The van der Waals surface area contributed by atoms with Gasteiger partial charge >= 0.3 is 5.97 Å². The standard InChI is InChI=1S/C19H22N2O3/c1-3-17(22)21-10-12(19(23)24-2)7-14-13-5-4-6-15-18(13)11(9-20-15)8-16(14)21/h4-6,9,12,14,16,20H,3,7-8,10H2,1-2H3. The number of ether oxygens (including phenoxy) is 1. The number of aromatic nitrogens is 1. The van der Waals surface area contributed by atoms with Gasteiger partial charge in [-0.2, -0.15) is 0 Å². The molecule has 2 aliphatic rings. The first-order valence-corrected chi connectivity index (χ1v) is 8.60. The first-order valence-electron chi connectivity index (χ1n) is 8.60. The highest BCUT2D eigenvalue weighted by Gasteiger charge is 2.44. The number of carbonyl (C=O) groups is 2. The van der Waals surface area contributed by atoms with Crippen molar-refractivity contribution in [3.8, 4) is 0 Å². The highest BCUT2D eigenvalue weighted by Crippen LogP contribution is 2.45. The van der Waals surface area contributed by atoms with E-state index >= 15 is 0 Å². The molecule has 0 bridgehead atoms. The van der Waals surface area contributed by atoms with Crippen molar-refractivity contribution in [2.24, 2.45) is 5.92 Å². The van der Waals surface area contributed by atoms with Crippen molar-refractivity contribution in [2.45, 2.75) is 38.1 Å². The maximum absolute atomic E-state index is 12.5. The van der Waals surface area contributed by atoms with Crippen LogP contribution in [0.15, 0.2) is 24.4 Å². The van der Waals surface area contributed by atoms with Gasteiger partial charge in [0.25, 0.3) is 0 Å². The smallest absolute Gasteiger partial charge is 0.310 e. The van der Waals surface area contributed by atoms with Gasteiger partial charge in [-0.3, -0.25) is 9.59 Å². The molecule has 1 amide bonds. The number of rotatable bonds is 2. The van der Waals surface area contributed by atoms with E-state index in [4.69, 9.17) is 4.74 Å². The minimum Gasteiger partial charge on any atom is -0.469 e. The molecule has 1 fully saturated rings. The summed E-state index contributed by atoms with van der Waals surface area (Å²) in [4.78, 5) is 30.0. The van der Waals surface area contributed by atoms with Crippen LogP contribution in [0.1, 0.15) is 36.8 Å². The summed E-state index contributed by atoms with van der Waals surface area (Å²) in [6, 6.07) is 6.41. The van der Waals surface area contributed by atoms with Crippen LogP contribution in [0.2, 0.25) is 0 Å². The Morgan fingerprint density at radius 1 is 1.38 bits per heavy atom. The molecule has 1 aliphatic heterocycles. The summed E-state index contributed by atoms with van der Waals surface area (Å²) in [6.07, 6.45) is 4.11. The Labute approximate surface area is 141 Å². The maximum Gasteiger partial charge on any atom is 0.310 e. The van der Waals surface area contributed by atoms with Crippen molar-refractivity contribution in [3.05, 3.63) is 35.5 Å². The van der Waals surface area contributed by atoms with Gasteiger partial charge in [0, 0.05) is 42.0 Å². The lowest BCUT2D eigenvalue weighted by Crippen LogP contribution is -2.53. The summed E-state index contributed by atoms with van der Waals surface area (Å²) in [5, 5.41) is 1.27. The lowest BCUT2D eigenvalue weighted by molar-refractivity contribution is -0.151. The number of hydrogen-bond acceptors (Lipinski definition) is 3. The highest BCUT2D eigenvalue weighted by atomic mass is 16.5. The summed E-state index contributed by atoms with van der Waals surface area (Å²) in [7, 11) is 1.42. The summed E-state index contributed by atoms with van der Waals surface area (Å²) < 4.78 is 4.98. The van der Waals surface area contributed by atoms with Crippen LogP contribution >= 0.6 is 0 Å². The van der Waals surface area contributed by atoms with Crippen LogP contribution in [0.5, 0.6) is 0 Å². The van der Waals surface area contributed by atoms with Crippen molar-refractivity contribution in [2.75, 3.05) is 13.7 Å². The maximum atomic E-state index is 12.5. The fourth-order valence-corrected chi connectivity index (χ4v) is 4.52. The van der Waals surface area contributed by atoms with Crippen LogP contribution in [0.4, 0.5) is 0 Å². The zero-order chi connectivity index (χ0) is 16.8. The molecule has 1 aliphatic carbocycles. The van der Waals surface area contributed by atoms with Crippen LogP contribution in [0, 0.1) is 5.92 Å². The molecular formula is C19H22N2O3. The van der Waals surface area contributed by atoms with E-state index in [1.54, 1.807) is 0 Å². The Morgan fingerprint density at radius 3 is 2.96 bits per heavy atom. The third kappa shape index (κ3) is 2.14. The summed E-state index contributed by atoms with van der Waals surface area (Å²) >= 11 is 0. The Bertz CT molecular complexity index is 810. The number of carbonyl (C=O) groups excluding carboxylic acids is 2. The fourth-order valence-electron chi connectivity index (χ4n) is 4.52. The van der Waals surface area contributed by atoms with Gasteiger partial charge in [0.05, 0.1) is 13.0 Å². The molecule has 5 heteroatoms. The molecule has 3 atom stereocenters. The molecule has 4 rings (SSSR count). The van der Waals surface area contributed by atoms with E-state index in [-0.39, 0.29) is 29.8 Å². The number of esters is 1. The molecule has 0 spiro atoms. The Kier molecular flexibility index (Phi) is 3.59. The Balaban J connectivity index is 1.81. The summed E-state index contributed by atoms with van der Waals surface area (Å²) in [6.45, 7) is 2.35. The number of methoxy groups -OCH3 is 1. The second-order valence-electron chi connectivity index (χ2n) is 6.82. The third-order valence-electron chi connectivity index (χ3n) is 5.63. The average Bonchev–Trinajstić information content (AvgIpc) is 3.04. The van der Waals surface area contributed by atoms with Gasteiger partial charge < -0.3 is 14.6 Å². The summed E-state index contributed by atoms with van der Waals surface area (Å²) in [5.74, 6) is -0.160. The van der Waals surface area contributed by atoms with E-state index in [1.165, 1.54) is 23.6 Å². The molecule has 5 nitrogen and oxygen atoms in total. The van der Waals surface area contributed by atoms with Gasteiger partial charge in [-0.25, -0.2) is 0 Å². The van der Waals surface area contributed by atoms with Crippen molar-refractivity contribution in [3.63, 3.8) is 0 Å². The van der Waals surface area contributed by atoms with Crippen molar-refractivity contribution in [1.82, 2.24) is 9.88 Å². The number of H-pyrrole nitrogens is 1. The molecule has 0 saturated carbocycles. The predicted octanol–water partition coefficient (Wildman–Crippen LogP) is 2.61. The van der Waals surface area contributed by atoms with Crippen molar-refractivity contribution >= 4 is 22.8 Å². The lowest BCUT2D eigenvalue weighted by atomic mass is 9.72. The SMILES string of the molecule is CCC(=O)N1CC(C(=O)OC)CC2c3cccc4[nH]cc(c34)CC21. The number of nitrogens with one attached hydrogen (secondary N) is 1. The van der Waals surface area contributed by atoms with Crippen LogP contribution in [-0.4, -0.2) is 41.5 Å². The molecule has 126 valence electrons. The number of nitrogens with zero attached hydrogens (tertiary/aromatic N) is 1. The number of fused-ring (bicyclic) bond motifs is 2. The minimum absolute atomic E-state index is 0.116. The van der Waals surface area contributed by atoms with Gasteiger partial charge in [-0.05, 0) is 30.0 Å². The highest BCUT2D eigenvalue weighted by molar-refractivity contribution is 5.89. The fraction of sp³-hybridized carbons (Fsp3) is 0.474. The number of aromatic amines is 1. The van der Waals surface area contributed by atoms with Gasteiger partial charge in [-0.15, -0.1) is 0 Å². The summed E-state index contributed by atoms with van der Waals surface area (Å²) in [5.41, 5.74) is 3.66. The number of hydrogen-bond donors (Lipinski definition) is 1. The van der Waals surface area contributed by atoms with Crippen LogP contribution in [0.3, 0.4) is 0 Å². The Morgan fingerprint density at radius 2 is 2.21 bits per heavy atom. The second-order valence-corrected chi connectivity index (χ2v) is 6.82. The zero-order valence-electron chi connectivity index (χ0n) is 14.0. The van der Waals surface area contributed by atoms with E-state index in [0.29, 0.717) is 13.0 Å². The lowest BCUT2D eigenvalue weighted by Gasteiger charge is -2.46.